The molecule has 1 saturated heterocycles. The van der Waals surface area contributed by atoms with Crippen molar-refractivity contribution in [1.29, 1.82) is 0 Å². The second-order valence-electron chi connectivity index (χ2n) is 6.11. The standard InChI is InChI=1S/C16H15F3N4O3/c1-8-13(22-26-21-8)20-14(24)12-11(7-23(2)15(12)25)9-3-5-10(6-4-9)16(17,18)19/h3-6,11-12H,7H2,1-2H3,(H,20,22,24)/t11-,12+/m0/s1. The van der Waals surface area contributed by atoms with Crippen molar-refractivity contribution in [3.05, 3.63) is 41.1 Å². The van der Waals surface area contributed by atoms with Crippen molar-refractivity contribution in [3.8, 4) is 0 Å². The Morgan fingerprint density at radius 2 is 1.92 bits per heavy atom. The molecule has 26 heavy (non-hydrogen) atoms. The highest BCUT2D eigenvalue weighted by molar-refractivity contribution is 6.08. The molecule has 2 atom stereocenters. The number of alkyl halides is 3. The zero-order valence-electron chi connectivity index (χ0n) is 13.9. The molecule has 0 saturated carbocycles. The third-order valence-electron chi connectivity index (χ3n) is 4.36. The average molecular weight is 368 g/mol. The van der Waals surface area contributed by atoms with Gasteiger partial charge < -0.3 is 10.2 Å². The molecule has 0 radical (unpaired) electrons. The van der Waals surface area contributed by atoms with Gasteiger partial charge in [0.15, 0.2) is 5.82 Å². The van der Waals surface area contributed by atoms with Crippen molar-refractivity contribution in [2.75, 3.05) is 18.9 Å². The van der Waals surface area contributed by atoms with Gasteiger partial charge in [-0.2, -0.15) is 13.2 Å². The van der Waals surface area contributed by atoms with Crippen molar-refractivity contribution in [2.45, 2.75) is 19.0 Å². The van der Waals surface area contributed by atoms with Crippen LogP contribution < -0.4 is 5.32 Å². The zero-order valence-corrected chi connectivity index (χ0v) is 13.9. The number of aryl methyl sites for hydroxylation is 1. The number of hydrogen-bond donors (Lipinski definition) is 1. The lowest BCUT2D eigenvalue weighted by atomic mass is 9.87. The number of benzene rings is 1. The van der Waals surface area contributed by atoms with Gasteiger partial charge in [-0.3, -0.25) is 9.59 Å². The van der Waals surface area contributed by atoms with Gasteiger partial charge in [0.2, 0.25) is 11.8 Å². The Bertz CT molecular complexity index is 832. The molecule has 0 spiro atoms. The predicted octanol–water partition coefficient (Wildman–Crippen LogP) is 2.21. The van der Waals surface area contributed by atoms with Crippen molar-refractivity contribution >= 4 is 17.6 Å². The van der Waals surface area contributed by atoms with Gasteiger partial charge in [-0.15, -0.1) is 0 Å². The van der Waals surface area contributed by atoms with Gasteiger partial charge in [0, 0.05) is 19.5 Å². The minimum Gasteiger partial charge on any atom is -0.344 e. The van der Waals surface area contributed by atoms with Crippen molar-refractivity contribution < 1.29 is 27.4 Å². The van der Waals surface area contributed by atoms with Gasteiger partial charge in [-0.05, 0) is 29.8 Å². The van der Waals surface area contributed by atoms with Gasteiger partial charge in [-0.1, -0.05) is 17.3 Å². The molecule has 1 aromatic heterocycles. The molecular weight excluding hydrogens is 353 g/mol. The first-order chi connectivity index (χ1) is 12.2. The lowest BCUT2D eigenvalue weighted by Gasteiger charge is -2.17. The second kappa shape index (κ2) is 6.43. The molecule has 2 heterocycles. The summed E-state index contributed by atoms with van der Waals surface area (Å²) in [4.78, 5) is 26.4. The van der Waals surface area contributed by atoms with Crippen LogP contribution in [0.4, 0.5) is 19.0 Å². The SMILES string of the molecule is Cc1nonc1NC(=O)[C@@H]1C(=O)N(C)C[C@H]1c1ccc(C(F)(F)F)cc1. The highest BCUT2D eigenvalue weighted by Gasteiger charge is 2.44. The molecule has 1 N–H and O–H groups in total. The first kappa shape index (κ1) is 17.9. The van der Waals surface area contributed by atoms with Crippen molar-refractivity contribution in [1.82, 2.24) is 15.2 Å². The first-order valence-electron chi connectivity index (χ1n) is 7.70. The fourth-order valence-electron chi connectivity index (χ4n) is 2.95. The third-order valence-corrected chi connectivity index (χ3v) is 4.36. The van der Waals surface area contributed by atoms with Gasteiger partial charge in [0.1, 0.15) is 11.6 Å². The van der Waals surface area contributed by atoms with E-state index in [0.29, 0.717) is 11.3 Å². The summed E-state index contributed by atoms with van der Waals surface area (Å²) in [6.45, 7) is 1.79. The highest BCUT2D eigenvalue weighted by atomic mass is 19.4. The number of nitrogens with one attached hydrogen (secondary N) is 1. The Morgan fingerprint density at radius 1 is 1.27 bits per heavy atom. The average Bonchev–Trinajstić information content (AvgIpc) is 3.11. The van der Waals surface area contributed by atoms with E-state index in [1.54, 1.807) is 6.92 Å². The van der Waals surface area contributed by atoms with E-state index < -0.39 is 35.4 Å². The molecule has 10 heteroatoms. The molecule has 0 aliphatic carbocycles. The fraction of sp³-hybridized carbons (Fsp3) is 0.375. The maximum Gasteiger partial charge on any atom is 0.416 e. The summed E-state index contributed by atoms with van der Waals surface area (Å²) in [6, 6.07) is 4.48. The fourth-order valence-corrected chi connectivity index (χ4v) is 2.95. The second-order valence-corrected chi connectivity index (χ2v) is 6.11. The lowest BCUT2D eigenvalue weighted by molar-refractivity contribution is -0.138. The van der Waals surface area contributed by atoms with Crippen LogP contribution in [-0.4, -0.2) is 40.6 Å². The Morgan fingerprint density at radius 3 is 2.46 bits per heavy atom. The summed E-state index contributed by atoms with van der Waals surface area (Å²) in [7, 11) is 1.54. The summed E-state index contributed by atoms with van der Waals surface area (Å²) in [5.74, 6) is -2.57. The Labute approximate surface area is 146 Å². The number of anilines is 1. The van der Waals surface area contributed by atoms with E-state index in [2.05, 4.69) is 20.3 Å². The number of hydrogen-bond acceptors (Lipinski definition) is 5. The van der Waals surface area contributed by atoms with E-state index in [1.807, 2.05) is 0 Å². The number of nitrogens with zero attached hydrogens (tertiary/aromatic N) is 3. The normalized spacial score (nSPS) is 20.5. The van der Waals surface area contributed by atoms with E-state index in [-0.39, 0.29) is 12.4 Å². The van der Waals surface area contributed by atoms with E-state index in [0.717, 1.165) is 12.1 Å². The third kappa shape index (κ3) is 3.26. The number of rotatable bonds is 3. The molecule has 0 unspecified atom stereocenters. The van der Waals surface area contributed by atoms with Crippen molar-refractivity contribution in [3.63, 3.8) is 0 Å². The Kier molecular flexibility index (Phi) is 4.43. The number of carbonyl (C=O) groups excluding carboxylic acids is 2. The summed E-state index contributed by atoms with van der Waals surface area (Å²) in [5.41, 5.74) is 0.0401. The maximum atomic E-state index is 12.7. The monoisotopic (exact) mass is 368 g/mol. The van der Waals surface area contributed by atoms with Crippen LogP contribution in [0.2, 0.25) is 0 Å². The minimum atomic E-state index is -4.45. The summed E-state index contributed by atoms with van der Waals surface area (Å²) >= 11 is 0. The Hall–Kier alpha value is -2.91. The van der Waals surface area contributed by atoms with Crippen LogP contribution in [-0.2, 0) is 15.8 Å². The molecule has 1 aliphatic heterocycles. The van der Waals surface area contributed by atoms with E-state index >= 15 is 0 Å². The predicted molar refractivity (Wildman–Crippen MR) is 83.0 cm³/mol. The van der Waals surface area contributed by atoms with Crippen LogP contribution in [0.25, 0.3) is 0 Å². The highest BCUT2D eigenvalue weighted by Crippen LogP contribution is 2.36. The molecule has 2 aromatic rings. The molecule has 1 aliphatic rings. The topological polar surface area (TPSA) is 88.3 Å². The number of halogens is 3. The Balaban J connectivity index is 1.86. The van der Waals surface area contributed by atoms with Gasteiger partial charge in [0.05, 0.1) is 5.56 Å². The lowest BCUT2D eigenvalue weighted by Crippen LogP contribution is -2.33. The van der Waals surface area contributed by atoms with Crippen LogP contribution in [0.1, 0.15) is 22.7 Å². The molecule has 0 bridgehead atoms. The van der Waals surface area contributed by atoms with Crippen LogP contribution >= 0.6 is 0 Å². The van der Waals surface area contributed by atoms with Crippen molar-refractivity contribution in [2.24, 2.45) is 5.92 Å². The number of likely N-dealkylation sites (tertiary alicyclic amines) is 1. The molecule has 1 aromatic carbocycles. The van der Waals surface area contributed by atoms with E-state index in [4.69, 9.17) is 0 Å². The molecule has 7 nitrogen and oxygen atoms in total. The van der Waals surface area contributed by atoms with Gasteiger partial charge >= 0.3 is 6.18 Å². The first-order valence-corrected chi connectivity index (χ1v) is 7.70. The quantitative estimate of drug-likeness (QED) is 0.840. The van der Waals surface area contributed by atoms with Gasteiger partial charge in [0.25, 0.3) is 0 Å². The van der Waals surface area contributed by atoms with Crippen LogP contribution in [0, 0.1) is 12.8 Å². The van der Waals surface area contributed by atoms with Crippen LogP contribution in [0.15, 0.2) is 28.9 Å². The molecule has 138 valence electrons. The smallest absolute Gasteiger partial charge is 0.344 e. The number of amides is 2. The molecule has 1 fully saturated rings. The zero-order chi connectivity index (χ0) is 19.1. The summed E-state index contributed by atoms with van der Waals surface area (Å²) < 4.78 is 42.7. The van der Waals surface area contributed by atoms with Crippen LogP contribution in [0.3, 0.4) is 0 Å². The number of likely N-dealkylation sites (N-methyl/N-ethyl adjacent to an activating group) is 1. The van der Waals surface area contributed by atoms with Crippen LogP contribution in [0.5, 0.6) is 0 Å². The molecule has 3 rings (SSSR count). The number of aromatic nitrogens is 2. The maximum absolute atomic E-state index is 12.7. The molecular formula is C16H15F3N4O3. The number of carbonyl (C=O) groups is 2. The largest absolute Gasteiger partial charge is 0.416 e. The molecule has 2 amide bonds. The summed E-state index contributed by atoms with van der Waals surface area (Å²) in [6.07, 6.45) is -4.45. The summed E-state index contributed by atoms with van der Waals surface area (Å²) in [5, 5.41) is 9.56. The van der Waals surface area contributed by atoms with E-state index in [1.165, 1.54) is 24.1 Å². The van der Waals surface area contributed by atoms with Gasteiger partial charge in [-0.25, -0.2) is 4.63 Å². The minimum absolute atomic E-state index is 0.100. The van der Waals surface area contributed by atoms with E-state index in [9.17, 15) is 22.8 Å².